The lowest BCUT2D eigenvalue weighted by atomic mass is 9.91. The predicted octanol–water partition coefficient (Wildman–Crippen LogP) is 5.19. The van der Waals surface area contributed by atoms with Crippen LogP contribution in [-0.2, 0) is 9.47 Å². The second-order valence-corrected chi connectivity index (χ2v) is 11.2. The molecule has 6 nitrogen and oxygen atoms in total. The zero-order valence-corrected chi connectivity index (χ0v) is 22.1. The van der Waals surface area contributed by atoms with E-state index in [0.717, 1.165) is 25.7 Å². The normalized spacial score (nSPS) is 23.0. The second-order valence-electron chi connectivity index (χ2n) is 11.2. The lowest BCUT2D eigenvalue weighted by molar-refractivity contribution is -0.0848. The van der Waals surface area contributed by atoms with Crippen molar-refractivity contribution in [3.05, 3.63) is 71.8 Å². The van der Waals surface area contributed by atoms with Gasteiger partial charge < -0.3 is 19.3 Å². The van der Waals surface area contributed by atoms with E-state index in [1.165, 1.54) is 0 Å². The number of benzene rings is 2. The summed E-state index contributed by atoms with van der Waals surface area (Å²) in [7, 11) is 0. The van der Waals surface area contributed by atoms with E-state index in [2.05, 4.69) is 27.7 Å². The third-order valence-corrected chi connectivity index (χ3v) is 7.37. The number of carbonyl (C=O) groups is 2. The monoisotopic (exact) mass is 492 g/mol. The number of rotatable bonds is 7. The highest BCUT2D eigenvalue weighted by Gasteiger charge is 2.37. The molecule has 2 aliphatic heterocycles. The molecular formula is C30H40N2O4. The Bertz CT molecular complexity index is 938. The van der Waals surface area contributed by atoms with Crippen LogP contribution < -0.4 is 0 Å². The third kappa shape index (κ3) is 6.54. The van der Waals surface area contributed by atoms with Crippen molar-refractivity contribution in [2.75, 3.05) is 26.3 Å². The molecule has 36 heavy (non-hydrogen) atoms. The summed E-state index contributed by atoms with van der Waals surface area (Å²) in [5.41, 5.74) is 0.773. The summed E-state index contributed by atoms with van der Waals surface area (Å²) in [5.74, 6) is 0.0236. The molecule has 0 aromatic heterocycles. The SMILES string of the molecule is CC1(C)C[C@H](N(CCN(C(=O)c2ccccc2)[C@H]2CCOC(C)(C)C2)C(=O)c2ccccc2)CCO1. The van der Waals surface area contributed by atoms with Crippen LogP contribution in [0.1, 0.15) is 74.1 Å². The summed E-state index contributed by atoms with van der Waals surface area (Å²) >= 11 is 0. The van der Waals surface area contributed by atoms with Crippen LogP contribution in [0, 0.1) is 0 Å². The molecule has 0 spiro atoms. The van der Waals surface area contributed by atoms with E-state index in [9.17, 15) is 9.59 Å². The van der Waals surface area contributed by atoms with Gasteiger partial charge in [-0.15, -0.1) is 0 Å². The van der Waals surface area contributed by atoms with Crippen molar-refractivity contribution in [3.8, 4) is 0 Å². The molecule has 2 aliphatic rings. The number of carbonyl (C=O) groups excluding carboxylic acids is 2. The van der Waals surface area contributed by atoms with Gasteiger partial charge in [-0.1, -0.05) is 36.4 Å². The molecule has 6 heteroatoms. The molecule has 0 aliphatic carbocycles. The Morgan fingerprint density at radius 1 is 0.694 bits per heavy atom. The van der Waals surface area contributed by atoms with Crippen molar-refractivity contribution in [3.63, 3.8) is 0 Å². The average Bonchev–Trinajstić information content (AvgIpc) is 2.86. The third-order valence-electron chi connectivity index (χ3n) is 7.37. The summed E-state index contributed by atoms with van der Waals surface area (Å²) in [5, 5.41) is 0. The molecule has 2 amide bonds. The predicted molar refractivity (Wildman–Crippen MR) is 141 cm³/mol. The molecule has 2 saturated heterocycles. The van der Waals surface area contributed by atoms with Crippen LogP contribution in [0.3, 0.4) is 0 Å². The fourth-order valence-electron chi connectivity index (χ4n) is 5.54. The Hall–Kier alpha value is -2.70. The Morgan fingerprint density at radius 2 is 1.06 bits per heavy atom. The smallest absolute Gasteiger partial charge is 0.254 e. The first-order chi connectivity index (χ1) is 17.2. The molecule has 0 N–H and O–H groups in total. The van der Waals surface area contributed by atoms with Crippen LogP contribution in [0.25, 0.3) is 0 Å². The number of ether oxygens (including phenoxy) is 2. The highest BCUT2D eigenvalue weighted by atomic mass is 16.5. The zero-order chi connectivity index (χ0) is 25.8. The Kier molecular flexibility index (Phi) is 8.16. The Morgan fingerprint density at radius 3 is 1.39 bits per heavy atom. The van der Waals surface area contributed by atoms with Gasteiger partial charge in [0, 0.05) is 49.5 Å². The van der Waals surface area contributed by atoms with Gasteiger partial charge in [0.1, 0.15) is 0 Å². The molecule has 2 atom stereocenters. The van der Waals surface area contributed by atoms with E-state index < -0.39 is 0 Å². The van der Waals surface area contributed by atoms with Gasteiger partial charge in [-0.3, -0.25) is 9.59 Å². The maximum absolute atomic E-state index is 13.7. The molecular weight excluding hydrogens is 452 g/mol. The van der Waals surface area contributed by atoms with Crippen molar-refractivity contribution in [2.24, 2.45) is 0 Å². The lowest BCUT2D eigenvalue weighted by Gasteiger charge is -2.44. The minimum Gasteiger partial charge on any atom is -0.375 e. The Labute approximate surface area is 215 Å². The number of amides is 2. The van der Waals surface area contributed by atoms with E-state index in [-0.39, 0.29) is 35.1 Å². The topological polar surface area (TPSA) is 59.1 Å². The van der Waals surface area contributed by atoms with Crippen molar-refractivity contribution in [2.45, 2.75) is 76.7 Å². The van der Waals surface area contributed by atoms with Crippen molar-refractivity contribution < 1.29 is 19.1 Å². The van der Waals surface area contributed by atoms with E-state index in [1.807, 2.05) is 70.5 Å². The molecule has 2 heterocycles. The van der Waals surface area contributed by atoms with Crippen LogP contribution in [0.4, 0.5) is 0 Å². The largest absolute Gasteiger partial charge is 0.375 e. The lowest BCUT2D eigenvalue weighted by Crippen LogP contribution is -2.54. The van der Waals surface area contributed by atoms with E-state index >= 15 is 0 Å². The molecule has 4 rings (SSSR count). The van der Waals surface area contributed by atoms with E-state index in [0.29, 0.717) is 37.4 Å². The molecule has 0 saturated carbocycles. The van der Waals surface area contributed by atoms with Gasteiger partial charge in [0.05, 0.1) is 11.2 Å². The summed E-state index contributed by atoms with van der Waals surface area (Å²) < 4.78 is 11.9. The van der Waals surface area contributed by atoms with Gasteiger partial charge in [0.2, 0.25) is 0 Å². The fourth-order valence-corrected chi connectivity index (χ4v) is 5.54. The van der Waals surface area contributed by atoms with Crippen LogP contribution in [0.2, 0.25) is 0 Å². The molecule has 2 fully saturated rings. The van der Waals surface area contributed by atoms with Crippen LogP contribution >= 0.6 is 0 Å². The van der Waals surface area contributed by atoms with Gasteiger partial charge in [-0.2, -0.15) is 0 Å². The molecule has 0 radical (unpaired) electrons. The average molecular weight is 493 g/mol. The maximum atomic E-state index is 13.7. The van der Waals surface area contributed by atoms with Gasteiger partial charge in [-0.05, 0) is 77.6 Å². The van der Waals surface area contributed by atoms with Gasteiger partial charge in [0.25, 0.3) is 11.8 Å². The van der Waals surface area contributed by atoms with Crippen LogP contribution in [0.5, 0.6) is 0 Å². The minimum absolute atomic E-state index is 0.0118. The van der Waals surface area contributed by atoms with Gasteiger partial charge >= 0.3 is 0 Å². The minimum atomic E-state index is -0.289. The first kappa shape index (κ1) is 26.4. The first-order valence-electron chi connectivity index (χ1n) is 13.2. The summed E-state index contributed by atoms with van der Waals surface area (Å²) in [6, 6.07) is 19.0. The molecule has 0 unspecified atom stereocenters. The van der Waals surface area contributed by atoms with Gasteiger partial charge in [-0.25, -0.2) is 0 Å². The number of hydrogen-bond acceptors (Lipinski definition) is 4. The van der Waals surface area contributed by atoms with Crippen molar-refractivity contribution in [1.82, 2.24) is 9.80 Å². The van der Waals surface area contributed by atoms with Crippen LogP contribution in [0.15, 0.2) is 60.7 Å². The van der Waals surface area contributed by atoms with Gasteiger partial charge in [0.15, 0.2) is 0 Å². The molecule has 2 aromatic carbocycles. The molecule has 2 aromatic rings. The second kappa shape index (κ2) is 11.1. The van der Waals surface area contributed by atoms with E-state index in [4.69, 9.17) is 9.47 Å². The Balaban J connectivity index is 1.60. The van der Waals surface area contributed by atoms with Crippen molar-refractivity contribution >= 4 is 11.8 Å². The molecule has 194 valence electrons. The fraction of sp³-hybridized carbons (Fsp3) is 0.533. The van der Waals surface area contributed by atoms with Crippen molar-refractivity contribution in [1.29, 1.82) is 0 Å². The first-order valence-corrected chi connectivity index (χ1v) is 13.2. The highest BCUT2D eigenvalue weighted by Crippen LogP contribution is 2.30. The maximum Gasteiger partial charge on any atom is 0.254 e. The standard InChI is InChI=1S/C30H40N2O4/c1-29(2)21-25(15-19-35-29)31(27(33)23-11-7-5-8-12-23)17-18-32(26-16-20-36-30(3,4)22-26)28(34)24-13-9-6-10-14-24/h5-14,25-26H,15-22H2,1-4H3/t25-,26+. The summed E-state index contributed by atoms with van der Waals surface area (Å²) in [6.45, 7) is 10.5. The number of nitrogens with zero attached hydrogens (tertiary/aromatic N) is 2. The highest BCUT2D eigenvalue weighted by molar-refractivity contribution is 5.95. The van der Waals surface area contributed by atoms with Crippen LogP contribution in [-0.4, -0.2) is 71.2 Å². The summed E-state index contributed by atoms with van der Waals surface area (Å²) in [4.78, 5) is 31.5. The summed E-state index contributed by atoms with van der Waals surface area (Å²) in [6.07, 6.45) is 3.11. The molecule has 0 bridgehead atoms. The van der Waals surface area contributed by atoms with E-state index in [1.54, 1.807) is 0 Å². The number of hydrogen-bond donors (Lipinski definition) is 0. The quantitative estimate of drug-likeness (QED) is 0.534. The zero-order valence-electron chi connectivity index (χ0n) is 22.1.